The number of rotatable bonds is 9. The molecule has 18 heteroatoms. The lowest BCUT2D eigenvalue weighted by Crippen LogP contribution is -2.49. The number of amides is 3. The Balaban J connectivity index is 0.928. The first-order valence-corrected chi connectivity index (χ1v) is 20.2. The predicted molar refractivity (Wildman–Crippen MR) is 215 cm³/mol. The van der Waals surface area contributed by atoms with E-state index < -0.39 is 85.2 Å². The molecule has 5 aromatic rings. The van der Waals surface area contributed by atoms with E-state index in [1.807, 2.05) is 48.5 Å². The van der Waals surface area contributed by atoms with Crippen molar-refractivity contribution >= 4 is 34.8 Å². The summed E-state index contributed by atoms with van der Waals surface area (Å²) in [6.45, 7) is 0.917. The SMILES string of the molecule is CC[C@@]1(O)C(=O)OCc2c1cc1n(c2=O)Cc2c-1nc1cc(F)c(C)c3c1c2[C@@H](NC(=O)C(OCNC(=O)CN(C)C(=O)OC1c2ccccc2-c2ccccc21)C(F)(F)F)CC3. The number of alkyl halides is 3. The molecule has 0 fully saturated rings. The topological polar surface area (TPSA) is 178 Å². The Kier molecular flexibility index (Phi) is 10.1. The maximum Gasteiger partial charge on any atom is 0.423 e. The van der Waals surface area contributed by atoms with Crippen molar-refractivity contribution in [2.75, 3.05) is 20.3 Å². The normalized spacial score (nSPS) is 18.7. The molecule has 63 heavy (non-hydrogen) atoms. The molecular weight excluding hydrogens is 831 g/mol. The number of carbonyl (C=O) groups is 4. The number of nitrogens with zero attached hydrogens (tertiary/aromatic N) is 3. The maximum atomic E-state index is 15.3. The molecule has 14 nitrogen and oxygen atoms in total. The Bertz CT molecular complexity index is 2820. The van der Waals surface area contributed by atoms with E-state index in [0.717, 1.165) is 27.2 Å². The number of cyclic esters (lactones) is 1. The van der Waals surface area contributed by atoms with Gasteiger partial charge in [0, 0.05) is 40.8 Å². The highest BCUT2D eigenvalue weighted by Gasteiger charge is 2.49. The second-order valence-corrected chi connectivity index (χ2v) is 16.0. The summed E-state index contributed by atoms with van der Waals surface area (Å²) in [6, 6.07) is 16.3. The van der Waals surface area contributed by atoms with Gasteiger partial charge < -0.3 is 39.4 Å². The van der Waals surface area contributed by atoms with E-state index in [1.54, 1.807) is 13.8 Å². The van der Waals surface area contributed by atoms with Crippen molar-refractivity contribution in [2.45, 2.75) is 76.3 Å². The number of aryl methyl sites for hydroxylation is 1. The minimum Gasteiger partial charge on any atom is -0.458 e. The zero-order valence-electron chi connectivity index (χ0n) is 34.0. The van der Waals surface area contributed by atoms with Crippen molar-refractivity contribution in [3.05, 3.63) is 121 Å². The molecule has 2 aliphatic carbocycles. The lowest BCUT2D eigenvalue weighted by Gasteiger charge is -2.31. The Morgan fingerprint density at radius 3 is 2.40 bits per heavy atom. The first-order valence-electron chi connectivity index (χ1n) is 20.2. The Morgan fingerprint density at radius 1 is 1.05 bits per heavy atom. The summed E-state index contributed by atoms with van der Waals surface area (Å²) in [5.41, 5.74) is 2.70. The van der Waals surface area contributed by atoms with Crippen molar-refractivity contribution in [1.29, 1.82) is 0 Å². The van der Waals surface area contributed by atoms with E-state index >= 15 is 4.39 Å². The van der Waals surface area contributed by atoms with Gasteiger partial charge in [0.05, 0.1) is 35.1 Å². The Morgan fingerprint density at radius 2 is 1.73 bits per heavy atom. The van der Waals surface area contributed by atoms with Gasteiger partial charge in [0.15, 0.2) is 11.7 Å². The molecule has 2 aliphatic heterocycles. The van der Waals surface area contributed by atoms with Crippen LogP contribution in [0.15, 0.2) is 65.5 Å². The number of esters is 1. The smallest absolute Gasteiger partial charge is 0.423 e. The van der Waals surface area contributed by atoms with Crippen molar-refractivity contribution < 1.29 is 56.1 Å². The molecule has 4 aliphatic rings. The number of likely N-dealkylation sites (N-methyl/N-ethyl adjacent to an activating group) is 1. The summed E-state index contributed by atoms with van der Waals surface area (Å²) in [5, 5.41) is 16.4. The molecule has 0 bridgehead atoms. The first kappa shape index (κ1) is 41.7. The number of hydrogen-bond acceptors (Lipinski definition) is 10. The van der Waals surface area contributed by atoms with Gasteiger partial charge in [0.25, 0.3) is 11.5 Å². The van der Waals surface area contributed by atoms with Crippen LogP contribution in [0.3, 0.4) is 0 Å². The second-order valence-electron chi connectivity index (χ2n) is 16.0. The van der Waals surface area contributed by atoms with Crippen LogP contribution in [-0.2, 0) is 53.8 Å². The largest absolute Gasteiger partial charge is 0.458 e. The van der Waals surface area contributed by atoms with Gasteiger partial charge in [-0.25, -0.2) is 19.0 Å². The number of benzene rings is 3. The fraction of sp³-hybridized carbons (Fsp3) is 0.333. The van der Waals surface area contributed by atoms with Gasteiger partial charge in [0.1, 0.15) is 25.7 Å². The minimum absolute atomic E-state index is 0.0340. The van der Waals surface area contributed by atoms with Gasteiger partial charge in [-0.15, -0.1) is 0 Å². The zero-order chi connectivity index (χ0) is 44.7. The summed E-state index contributed by atoms with van der Waals surface area (Å²) in [6.07, 6.45) is -9.83. The highest BCUT2D eigenvalue weighted by molar-refractivity contribution is 5.94. The van der Waals surface area contributed by atoms with E-state index in [2.05, 4.69) is 10.6 Å². The molecule has 1 unspecified atom stereocenters. The van der Waals surface area contributed by atoms with Crippen LogP contribution in [-0.4, -0.2) is 76.0 Å². The number of nitrogens with one attached hydrogen (secondary N) is 2. The monoisotopic (exact) mass is 869 g/mol. The molecule has 3 aromatic carbocycles. The summed E-state index contributed by atoms with van der Waals surface area (Å²) in [5.74, 6) is -3.98. The molecule has 2 aromatic heterocycles. The van der Waals surface area contributed by atoms with Crippen LogP contribution in [0.2, 0.25) is 0 Å². The van der Waals surface area contributed by atoms with Gasteiger partial charge in [-0.2, -0.15) is 13.2 Å². The standard InChI is InChI=1S/C45H39F4N5O9/c1-4-44(60)29-15-33-37-27(17-54(33)41(57)28(29)19-61-42(44)58)36-31(14-13-22-21(2)30(46)16-32(51-37)35(22)36)52-40(56)39(45(47,48)49)62-20-50-34(55)18-53(3)43(59)63-38-25-11-7-5-9-23(25)24-10-6-8-12-26(24)38/h5-12,15-16,31,38-39,60H,4,13-14,17-20H2,1-3H3,(H,50,55)(H,52,56)/t31-,39?,44-/m0/s1. The third-order valence-corrected chi connectivity index (χ3v) is 12.4. The van der Waals surface area contributed by atoms with Crippen molar-refractivity contribution in [2.24, 2.45) is 0 Å². The number of pyridine rings is 2. The third kappa shape index (κ3) is 6.78. The fourth-order valence-electron chi connectivity index (χ4n) is 9.23. The van der Waals surface area contributed by atoms with Gasteiger partial charge in [-0.1, -0.05) is 55.5 Å². The van der Waals surface area contributed by atoms with Crippen molar-refractivity contribution in [3.63, 3.8) is 0 Å². The molecule has 9 rings (SSSR count). The number of aliphatic hydroxyl groups is 1. The lowest BCUT2D eigenvalue weighted by atomic mass is 9.81. The van der Waals surface area contributed by atoms with Crippen molar-refractivity contribution in [1.82, 2.24) is 25.1 Å². The van der Waals surface area contributed by atoms with Gasteiger partial charge in [-0.05, 0) is 60.1 Å². The molecular formula is C45H39F4N5O9. The van der Waals surface area contributed by atoms with E-state index in [1.165, 1.54) is 23.7 Å². The predicted octanol–water partition coefficient (Wildman–Crippen LogP) is 5.49. The summed E-state index contributed by atoms with van der Waals surface area (Å²) in [7, 11) is 1.29. The second kappa shape index (κ2) is 15.3. The number of ether oxygens (including phenoxy) is 3. The van der Waals surface area contributed by atoms with Crippen molar-refractivity contribution in [3.8, 4) is 22.5 Å². The van der Waals surface area contributed by atoms with E-state index in [4.69, 9.17) is 19.2 Å². The van der Waals surface area contributed by atoms with Crippen LogP contribution in [0, 0.1) is 12.7 Å². The molecule has 4 heterocycles. The highest BCUT2D eigenvalue weighted by atomic mass is 19.4. The molecule has 0 radical (unpaired) electrons. The maximum absolute atomic E-state index is 15.3. The number of halogens is 4. The van der Waals surface area contributed by atoms with Crippen LogP contribution in [0.25, 0.3) is 33.4 Å². The molecule has 0 spiro atoms. The van der Waals surface area contributed by atoms with Crippen LogP contribution >= 0.6 is 0 Å². The molecule has 3 amide bonds. The zero-order valence-corrected chi connectivity index (χ0v) is 34.0. The van der Waals surface area contributed by atoms with E-state index in [-0.39, 0.29) is 53.8 Å². The lowest BCUT2D eigenvalue weighted by molar-refractivity contribution is -0.220. The average molecular weight is 870 g/mol. The first-order chi connectivity index (χ1) is 30.0. The number of hydrogen-bond donors (Lipinski definition) is 3. The average Bonchev–Trinajstić information content (AvgIpc) is 3.78. The molecule has 326 valence electrons. The summed E-state index contributed by atoms with van der Waals surface area (Å²) < 4.78 is 76.2. The van der Waals surface area contributed by atoms with Gasteiger partial charge >= 0.3 is 18.2 Å². The highest BCUT2D eigenvalue weighted by Crippen LogP contribution is 2.47. The third-order valence-electron chi connectivity index (χ3n) is 12.4. The van der Waals surface area contributed by atoms with E-state index in [9.17, 15) is 42.3 Å². The van der Waals surface area contributed by atoms with Gasteiger partial charge in [0.2, 0.25) is 12.0 Å². The Labute approximate surface area is 355 Å². The molecule has 3 N–H and O–H groups in total. The molecule has 3 atom stereocenters. The number of aromatic nitrogens is 2. The number of fused-ring (bicyclic) bond motifs is 8. The summed E-state index contributed by atoms with van der Waals surface area (Å²) >= 11 is 0. The van der Waals surface area contributed by atoms with Crippen LogP contribution in [0.1, 0.15) is 76.4 Å². The summed E-state index contributed by atoms with van der Waals surface area (Å²) in [4.78, 5) is 71.9. The molecule has 0 saturated heterocycles. The van der Waals surface area contributed by atoms with Crippen LogP contribution < -0.4 is 16.2 Å². The minimum atomic E-state index is -5.25. The van der Waals surface area contributed by atoms with Crippen LogP contribution in [0.5, 0.6) is 0 Å². The quantitative estimate of drug-likeness (QED) is 0.0957. The number of carbonyl (C=O) groups excluding carboxylic acids is 4. The Hall–Kier alpha value is -6.66. The van der Waals surface area contributed by atoms with Gasteiger partial charge in [-0.3, -0.25) is 14.4 Å². The van der Waals surface area contributed by atoms with E-state index in [0.29, 0.717) is 27.6 Å². The van der Waals surface area contributed by atoms with Crippen LogP contribution in [0.4, 0.5) is 22.4 Å². The molecule has 0 saturated carbocycles. The fourth-order valence-corrected chi connectivity index (χ4v) is 9.23.